The van der Waals surface area contributed by atoms with E-state index < -0.39 is 0 Å². The van der Waals surface area contributed by atoms with Crippen molar-refractivity contribution in [2.45, 2.75) is 37.8 Å². The summed E-state index contributed by atoms with van der Waals surface area (Å²) in [5, 5.41) is 0. The molecule has 0 amide bonds. The third-order valence-corrected chi connectivity index (χ3v) is 2.44. The van der Waals surface area contributed by atoms with E-state index in [0.717, 1.165) is 0 Å². The van der Waals surface area contributed by atoms with Crippen molar-refractivity contribution in [1.29, 1.82) is 0 Å². The zero-order chi connectivity index (χ0) is 7.56. The zero-order valence-electron chi connectivity index (χ0n) is 7.01. The average molecular weight is 142 g/mol. The van der Waals surface area contributed by atoms with Gasteiger partial charge in [-0.25, -0.2) is 0 Å². The van der Waals surface area contributed by atoms with Crippen molar-refractivity contribution in [2.24, 2.45) is 5.73 Å². The van der Waals surface area contributed by atoms with Crippen LogP contribution >= 0.6 is 0 Å². The van der Waals surface area contributed by atoms with Crippen LogP contribution in [0.25, 0.3) is 0 Å². The van der Waals surface area contributed by atoms with E-state index in [1.807, 2.05) is 0 Å². The Morgan fingerprint density at radius 3 is 2.20 bits per heavy atom. The van der Waals surface area contributed by atoms with Gasteiger partial charge in [0.2, 0.25) is 0 Å². The summed E-state index contributed by atoms with van der Waals surface area (Å²) in [4.78, 5) is 2.25. The molecule has 0 aromatic rings. The summed E-state index contributed by atoms with van der Waals surface area (Å²) in [6, 6.07) is 1.05. The molecule has 2 atom stereocenters. The Kier molecular flexibility index (Phi) is 2.69. The minimum absolute atomic E-state index is 0.420. The highest BCUT2D eigenvalue weighted by Gasteiger charge is 2.22. The van der Waals surface area contributed by atoms with Crippen molar-refractivity contribution < 1.29 is 0 Å². The molecule has 0 aromatic carbocycles. The molecule has 2 unspecified atom stereocenters. The van der Waals surface area contributed by atoms with E-state index >= 15 is 0 Å². The summed E-state index contributed by atoms with van der Waals surface area (Å²) >= 11 is 0. The molecule has 1 saturated carbocycles. The fourth-order valence-electron chi connectivity index (χ4n) is 1.78. The maximum atomic E-state index is 5.94. The Hall–Kier alpha value is -0.0800. The third-order valence-electron chi connectivity index (χ3n) is 2.44. The Morgan fingerprint density at radius 2 is 1.80 bits per heavy atom. The fraction of sp³-hybridized carbons (Fsp3) is 1.00. The SMILES string of the molecule is CN(C)C1CCCCC1N. The molecule has 60 valence electrons. The third kappa shape index (κ3) is 1.70. The quantitative estimate of drug-likeness (QED) is 0.587. The van der Waals surface area contributed by atoms with Crippen molar-refractivity contribution in [3.8, 4) is 0 Å². The minimum Gasteiger partial charge on any atom is -0.326 e. The molecule has 0 bridgehead atoms. The predicted molar refractivity (Wildman–Crippen MR) is 43.9 cm³/mol. The van der Waals surface area contributed by atoms with Crippen molar-refractivity contribution in [3.05, 3.63) is 0 Å². The summed E-state index contributed by atoms with van der Waals surface area (Å²) < 4.78 is 0. The molecular formula is C8H18N2. The first-order valence-corrected chi connectivity index (χ1v) is 4.14. The summed E-state index contributed by atoms with van der Waals surface area (Å²) in [6.45, 7) is 0. The molecule has 0 aromatic heterocycles. The van der Waals surface area contributed by atoms with Crippen molar-refractivity contribution >= 4 is 0 Å². The average Bonchev–Trinajstić information content (AvgIpc) is 1.88. The van der Waals surface area contributed by atoms with Gasteiger partial charge in [-0.3, -0.25) is 0 Å². The van der Waals surface area contributed by atoms with Gasteiger partial charge in [0.15, 0.2) is 0 Å². The second-order valence-corrected chi connectivity index (χ2v) is 3.48. The van der Waals surface area contributed by atoms with Gasteiger partial charge in [-0.15, -0.1) is 0 Å². The van der Waals surface area contributed by atoms with Crippen LogP contribution in [0.2, 0.25) is 0 Å². The standard InChI is InChI=1S/C8H18N2/c1-10(2)8-6-4-3-5-7(8)9/h7-8H,3-6,9H2,1-2H3. The number of nitrogens with two attached hydrogens (primary N) is 1. The first kappa shape index (κ1) is 8.02. The van der Waals surface area contributed by atoms with E-state index in [9.17, 15) is 0 Å². The van der Waals surface area contributed by atoms with Crippen LogP contribution in [0.15, 0.2) is 0 Å². The lowest BCUT2D eigenvalue weighted by molar-refractivity contribution is 0.201. The number of rotatable bonds is 1. The van der Waals surface area contributed by atoms with Crippen molar-refractivity contribution in [2.75, 3.05) is 14.1 Å². The molecule has 0 spiro atoms. The van der Waals surface area contributed by atoms with Crippen LogP contribution in [-0.2, 0) is 0 Å². The summed E-state index contributed by atoms with van der Waals surface area (Å²) in [6.07, 6.45) is 5.18. The largest absolute Gasteiger partial charge is 0.326 e. The van der Waals surface area contributed by atoms with E-state index in [-0.39, 0.29) is 0 Å². The van der Waals surface area contributed by atoms with Gasteiger partial charge in [-0.05, 0) is 26.9 Å². The monoisotopic (exact) mass is 142 g/mol. The van der Waals surface area contributed by atoms with E-state index in [2.05, 4.69) is 19.0 Å². The lowest BCUT2D eigenvalue weighted by Crippen LogP contribution is -2.46. The van der Waals surface area contributed by atoms with Crippen LogP contribution in [0.3, 0.4) is 0 Å². The molecule has 0 aliphatic heterocycles. The highest BCUT2D eigenvalue weighted by Crippen LogP contribution is 2.19. The second kappa shape index (κ2) is 3.35. The van der Waals surface area contributed by atoms with Crippen molar-refractivity contribution in [3.63, 3.8) is 0 Å². The van der Waals surface area contributed by atoms with Crippen LogP contribution in [0, 0.1) is 0 Å². The van der Waals surface area contributed by atoms with Gasteiger partial charge in [0.05, 0.1) is 0 Å². The maximum absolute atomic E-state index is 5.94. The Bertz CT molecular complexity index is 101. The second-order valence-electron chi connectivity index (χ2n) is 3.48. The molecule has 2 N–H and O–H groups in total. The van der Waals surface area contributed by atoms with Gasteiger partial charge < -0.3 is 10.6 Å². The molecule has 1 fully saturated rings. The van der Waals surface area contributed by atoms with Gasteiger partial charge in [-0.1, -0.05) is 12.8 Å². The van der Waals surface area contributed by atoms with Gasteiger partial charge in [0.25, 0.3) is 0 Å². The highest BCUT2D eigenvalue weighted by atomic mass is 15.1. The maximum Gasteiger partial charge on any atom is 0.0241 e. The highest BCUT2D eigenvalue weighted by molar-refractivity contribution is 4.82. The van der Waals surface area contributed by atoms with E-state index in [1.54, 1.807) is 0 Å². The molecule has 0 radical (unpaired) electrons. The molecule has 0 heterocycles. The van der Waals surface area contributed by atoms with Crippen LogP contribution in [0.4, 0.5) is 0 Å². The summed E-state index contributed by atoms with van der Waals surface area (Å²) in [5.41, 5.74) is 5.94. The van der Waals surface area contributed by atoms with Crippen molar-refractivity contribution in [1.82, 2.24) is 4.90 Å². The summed E-state index contributed by atoms with van der Waals surface area (Å²) in [5.74, 6) is 0. The Morgan fingerprint density at radius 1 is 1.20 bits per heavy atom. The lowest BCUT2D eigenvalue weighted by Gasteiger charge is -2.33. The van der Waals surface area contributed by atoms with E-state index in [0.29, 0.717) is 12.1 Å². The van der Waals surface area contributed by atoms with Gasteiger partial charge >= 0.3 is 0 Å². The van der Waals surface area contributed by atoms with Crippen LogP contribution in [-0.4, -0.2) is 31.1 Å². The number of hydrogen-bond acceptors (Lipinski definition) is 2. The first-order valence-electron chi connectivity index (χ1n) is 4.14. The number of hydrogen-bond donors (Lipinski definition) is 1. The molecule has 1 aliphatic carbocycles. The van der Waals surface area contributed by atoms with Crippen LogP contribution in [0.5, 0.6) is 0 Å². The molecule has 2 nitrogen and oxygen atoms in total. The van der Waals surface area contributed by atoms with E-state index in [1.165, 1.54) is 25.7 Å². The summed E-state index contributed by atoms with van der Waals surface area (Å²) in [7, 11) is 4.24. The van der Waals surface area contributed by atoms with Gasteiger partial charge in [-0.2, -0.15) is 0 Å². The Labute approximate surface area is 63.4 Å². The zero-order valence-corrected chi connectivity index (χ0v) is 7.01. The van der Waals surface area contributed by atoms with E-state index in [4.69, 9.17) is 5.73 Å². The van der Waals surface area contributed by atoms with Crippen LogP contribution < -0.4 is 5.73 Å². The number of likely N-dealkylation sites (N-methyl/N-ethyl adjacent to an activating group) is 1. The normalized spacial score (nSPS) is 34.8. The first-order chi connectivity index (χ1) is 4.72. The molecule has 1 aliphatic rings. The predicted octanol–water partition coefficient (Wildman–Crippen LogP) is 0.818. The smallest absolute Gasteiger partial charge is 0.0241 e. The van der Waals surface area contributed by atoms with Gasteiger partial charge in [0.1, 0.15) is 0 Å². The molecule has 2 heteroatoms. The molecular weight excluding hydrogens is 124 g/mol. The Balaban J connectivity index is 2.40. The minimum atomic E-state index is 0.420. The fourth-order valence-corrected chi connectivity index (χ4v) is 1.78. The molecule has 0 saturated heterocycles. The topological polar surface area (TPSA) is 29.3 Å². The van der Waals surface area contributed by atoms with Gasteiger partial charge in [0, 0.05) is 12.1 Å². The molecule has 1 rings (SSSR count). The molecule has 10 heavy (non-hydrogen) atoms. The lowest BCUT2D eigenvalue weighted by atomic mass is 9.90. The number of nitrogens with zero attached hydrogens (tertiary/aromatic N) is 1. The van der Waals surface area contributed by atoms with Crippen LogP contribution in [0.1, 0.15) is 25.7 Å².